The van der Waals surface area contributed by atoms with E-state index in [-0.39, 0.29) is 5.91 Å². The minimum Gasteiger partial charge on any atom is -0.381 e. The van der Waals surface area contributed by atoms with E-state index in [1.165, 1.54) is 11.1 Å². The maximum Gasteiger partial charge on any atom is 0.269 e. The van der Waals surface area contributed by atoms with Gasteiger partial charge in [0, 0.05) is 25.0 Å². The first-order valence-corrected chi connectivity index (χ1v) is 7.73. The molecule has 0 radical (unpaired) electrons. The Balaban J connectivity index is 1.96. The molecule has 22 heavy (non-hydrogen) atoms. The van der Waals surface area contributed by atoms with Gasteiger partial charge in [0.2, 0.25) is 0 Å². The molecule has 1 amide bonds. The number of hydrogen-bond acceptors (Lipinski definition) is 3. The van der Waals surface area contributed by atoms with Crippen molar-refractivity contribution in [1.29, 1.82) is 0 Å². The van der Waals surface area contributed by atoms with E-state index in [1.807, 2.05) is 18.2 Å². The molecule has 1 aromatic carbocycles. The summed E-state index contributed by atoms with van der Waals surface area (Å²) in [5, 5.41) is 6.23. The number of rotatable bonds is 7. The van der Waals surface area contributed by atoms with Crippen LogP contribution in [0.2, 0.25) is 0 Å². The van der Waals surface area contributed by atoms with E-state index >= 15 is 0 Å². The molecular weight excluding hydrogens is 274 g/mol. The van der Waals surface area contributed by atoms with Crippen molar-refractivity contribution in [3.63, 3.8) is 0 Å². The van der Waals surface area contributed by atoms with Crippen LogP contribution in [0.4, 0.5) is 5.69 Å². The van der Waals surface area contributed by atoms with E-state index < -0.39 is 0 Å². The van der Waals surface area contributed by atoms with E-state index in [1.54, 1.807) is 12.3 Å². The van der Waals surface area contributed by atoms with Gasteiger partial charge >= 0.3 is 0 Å². The first-order chi connectivity index (χ1) is 10.7. The van der Waals surface area contributed by atoms with Crippen molar-refractivity contribution in [1.82, 2.24) is 10.3 Å². The lowest BCUT2D eigenvalue weighted by Crippen LogP contribution is -2.25. The Morgan fingerprint density at radius 2 is 2.05 bits per heavy atom. The molecule has 2 rings (SSSR count). The number of nitrogens with zero attached hydrogens (tertiary/aromatic N) is 1. The second kappa shape index (κ2) is 8.17. The number of carbonyl (C=O) groups is 1. The van der Waals surface area contributed by atoms with Crippen LogP contribution in [-0.4, -0.2) is 17.4 Å². The number of amides is 1. The summed E-state index contributed by atoms with van der Waals surface area (Å²) >= 11 is 0. The number of anilines is 1. The number of unbranched alkanes of at least 4 members (excludes halogenated alkanes) is 1. The van der Waals surface area contributed by atoms with Crippen molar-refractivity contribution in [2.45, 2.75) is 33.2 Å². The molecule has 0 aliphatic carbocycles. The molecule has 0 saturated heterocycles. The van der Waals surface area contributed by atoms with Crippen LogP contribution in [0.15, 0.2) is 42.6 Å². The maximum absolute atomic E-state index is 12.0. The number of benzene rings is 1. The van der Waals surface area contributed by atoms with Crippen molar-refractivity contribution < 1.29 is 4.79 Å². The predicted molar refractivity (Wildman–Crippen MR) is 90.0 cm³/mol. The van der Waals surface area contributed by atoms with Gasteiger partial charge in [0.25, 0.3) is 5.91 Å². The number of carbonyl (C=O) groups excluding carboxylic acids is 1. The van der Waals surface area contributed by atoms with Gasteiger partial charge in [0.15, 0.2) is 0 Å². The van der Waals surface area contributed by atoms with E-state index in [9.17, 15) is 4.79 Å². The SMILES string of the molecule is CCCCNC(=O)c1cc(NCc2ccccc2C)ccn1. The van der Waals surface area contributed by atoms with Gasteiger partial charge in [-0.3, -0.25) is 9.78 Å². The average Bonchev–Trinajstić information content (AvgIpc) is 2.54. The van der Waals surface area contributed by atoms with E-state index in [0.717, 1.165) is 25.1 Å². The minimum atomic E-state index is -0.118. The third-order valence-corrected chi connectivity index (χ3v) is 3.55. The molecule has 0 bridgehead atoms. The van der Waals surface area contributed by atoms with Gasteiger partial charge in [-0.05, 0) is 36.6 Å². The molecule has 2 aromatic rings. The zero-order chi connectivity index (χ0) is 15.8. The van der Waals surface area contributed by atoms with E-state index in [2.05, 4.69) is 41.6 Å². The fraction of sp³-hybridized carbons (Fsp3) is 0.333. The highest BCUT2D eigenvalue weighted by atomic mass is 16.1. The minimum absolute atomic E-state index is 0.118. The first-order valence-electron chi connectivity index (χ1n) is 7.73. The Hall–Kier alpha value is -2.36. The van der Waals surface area contributed by atoms with Crippen molar-refractivity contribution in [3.8, 4) is 0 Å². The summed E-state index contributed by atoms with van der Waals surface area (Å²) in [6.45, 7) is 5.61. The Kier molecular flexibility index (Phi) is 5.95. The molecule has 0 unspecified atom stereocenters. The van der Waals surface area contributed by atoms with Crippen LogP contribution in [-0.2, 0) is 6.54 Å². The summed E-state index contributed by atoms with van der Waals surface area (Å²) in [6, 6.07) is 11.9. The second-order valence-corrected chi connectivity index (χ2v) is 5.32. The molecule has 2 N–H and O–H groups in total. The molecule has 0 saturated carbocycles. The Morgan fingerprint density at radius 1 is 1.23 bits per heavy atom. The standard InChI is InChI=1S/C18H23N3O/c1-3-4-10-20-18(22)17-12-16(9-11-19-17)21-13-15-8-6-5-7-14(15)2/h5-9,11-12H,3-4,10,13H2,1-2H3,(H,19,21)(H,20,22). The highest BCUT2D eigenvalue weighted by molar-refractivity contribution is 5.93. The Morgan fingerprint density at radius 3 is 2.82 bits per heavy atom. The number of pyridine rings is 1. The summed E-state index contributed by atoms with van der Waals surface area (Å²) < 4.78 is 0. The quantitative estimate of drug-likeness (QED) is 0.769. The Bertz CT molecular complexity index is 625. The molecule has 0 fully saturated rings. The Labute approximate surface area is 132 Å². The third kappa shape index (κ3) is 4.58. The number of nitrogens with one attached hydrogen (secondary N) is 2. The van der Waals surface area contributed by atoms with Gasteiger partial charge in [-0.25, -0.2) is 0 Å². The van der Waals surface area contributed by atoms with Crippen molar-refractivity contribution in [3.05, 3.63) is 59.4 Å². The smallest absolute Gasteiger partial charge is 0.269 e. The zero-order valence-corrected chi connectivity index (χ0v) is 13.2. The molecule has 0 aliphatic heterocycles. The number of aryl methyl sites for hydroxylation is 1. The average molecular weight is 297 g/mol. The van der Waals surface area contributed by atoms with Gasteiger partial charge < -0.3 is 10.6 Å². The van der Waals surface area contributed by atoms with Gasteiger partial charge in [0.05, 0.1) is 0 Å². The van der Waals surface area contributed by atoms with E-state index in [4.69, 9.17) is 0 Å². The number of hydrogen-bond donors (Lipinski definition) is 2. The van der Waals surface area contributed by atoms with Gasteiger partial charge in [-0.15, -0.1) is 0 Å². The van der Waals surface area contributed by atoms with Crippen LogP contribution in [0, 0.1) is 6.92 Å². The maximum atomic E-state index is 12.0. The van der Waals surface area contributed by atoms with Crippen LogP contribution in [0.1, 0.15) is 41.4 Å². The summed E-state index contributed by atoms with van der Waals surface area (Å²) in [4.78, 5) is 16.1. The summed E-state index contributed by atoms with van der Waals surface area (Å²) in [5.74, 6) is -0.118. The fourth-order valence-electron chi connectivity index (χ4n) is 2.14. The molecule has 0 aliphatic rings. The van der Waals surface area contributed by atoms with Gasteiger partial charge in [0.1, 0.15) is 5.69 Å². The summed E-state index contributed by atoms with van der Waals surface area (Å²) in [5.41, 5.74) is 3.85. The molecule has 4 heteroatoms. The lowest BCUT2D eigenvalue weighted by molar-refractivity contribution is 0.0948. The molecule has 116 valence electrons. The van der Waals surface area contributed by atoms with Crippen LogP contribution >= 0.6 is 0 Å². The first kappa shape index (κ1) is 16.0. The van der Waals surface area contributed by atoms with E-state index in [0.29, 0.717) is 12.2 Å². The van der Waals surface area contributed by atoms with Crippen LogP contribution < -0.4 is 10.6 Å². The fourth-order valence-corrected chi connectivity index (χ4v) is 2.14. The molecule has 1 heterocycles. The topological polar surface area (TPSA) is 54.0 Å². The largest absolute Gasteiger partial charge is 0.381 e. The summed E-state index contributed by atoms with van der Waals surface area (Å²) in [6.07, 6.45) is 3.71. The number of aromatic nitrogens is 1. The normalized spacial score (nSPS) is 10.3. The monoisotopic (exact) mass is 297 g/mol. The lowest BCUT2D eigenvalue weighted by atomic mass is 10.1. The van der Waals surface area contributed by atoms with Crippen molar-refractivity contribution >= 4 is 11.6 Å². The molecule has 0 spiro atoms. The zero-order valence-electron chi connectivity index (χ0n) is 13.2. The predicted octanol–water partition coefficient (Wildman–Crippen LogP) is 3.53. The highest BCUT2D eigenvalue weighted by Crippen LogP contribution is 2.12. The third-order valence-electron chi connectivity index (χ3n) is 3.55. The molecule has 1 aromatic heterocycles. The lowest BCUT2D eigenvalue weighted by Gasteiger charge is -2.10. The van der Waals surface area contributed by atoms with Gasteiger partial charge in [-0.2, -0.15) is 0 Å². The second-order valence-electron chi connectivity index (χ2n) is 5.32. The summed E-state index contributed by atoms with van der Waals surface area (Å²) in [7, 11) is 0. The molecule has 0 atom stereocenters. The highest BCUT2D eigenvalue weighted by Gasteiger charge is 2.07. The van der Waals surface area contributed by atoms with Crippen LogP contribution in [0.3, 0.4) is 0 Å². The molecular formula is C18H23N3O. The van der Waals surface area contributed by atoms with Crippen LogP contribution in [0.25, 0.3) is 0 Å². The van der Waals surface area contributed by atoms with Gasteiger partial charge in [-0.1, -0.05) is 37.6 Å². The van der Waals surface area contributed by atoms with Crippen LogP contribution in [0.5, 0.6) is 0 Å². The van der Waals surface area contributed by atoms with Crippen molar-refractivity contribution in [2.24, 2.45) is 0 Å². The molecule has 4 nitrogen and oxygen atoms in total. The van der Waals surface area contributed by atoms with Crippen molar-refractivity contribution in [2.75, 3.05) is 11.9 Å².